The molecule has 2 N–H and O–H groups in total. The Hall–Kier alpha value is -2.18. The van der Waals surface area contributed by atoms with Crippen molar-refractivity contribution >= 4 is 5.91 Å². The second-order valence-corrected chi connectivity index (χ2v) is 6.02. The Morgan fingerprint density at radius 1 is 1.39 bits per heavy atom. The molecule has 0 spiro atoms. The van der Waals surface area contributed by atoms with Gasteiger partial charge >= 0.3 is 0 Å². The number of hydrogen-bond donors (Lipinski definition) is 2. The average Bonchev–Trinajstić information content (AvgIpc) is 3.11. The standard InChI is InChI=1S/C17H22N4O2/c1-20-7-8-21(17(23)16(22)15-10-18-12-19-15)11-14(20)9-13-5-3-2-4-6-13/h2-6,10,12,14,16,22H,7-9,11H2,1H3,(H,18,19). The van der Waals surface area contributed by atoms with Crippen molar-refractivity contribution in [2.24, 2.45) is 0 Å². The zero-order valence-electron chi connectivity index (χ0n) is 13.2. The van der Waals surface area contributed by atoms with Crippen LogP contribution in [0.5, 0.6) is 0 Å². The fraction of sp³-hybridized carbons (Fsp3) is 0.412. The number of aromatic nitrogens is 2. The molecule has 1 aromatic heterocycles. The van der Waals surface area contributed by atoms with E-state index in [-0.39, 0.29) is 11.9 Å². The molecule has 1 fully saturated rings. The Morgan fingerprint density at radius 3 is 2.87 bits per heavy atom. The molecule has 6 nitrogen and oxygen atoms in total. The number of H-pyrrole nitrogens is 1. The number of rotatable bonds is 4. The molecule has 0 aliphatic carbocycles. The van der Waals surface area contributed by atoms with Gasteiger partial charge in [-0.3, -0.25) is 9.69 Å². The van der Waals surface area contributed by atoms with Crippen LogP contribution in [0.4, 0.5) is 0 Å². The molecule has 0 radical (unpaired) electrons. The van der Waals surface area contributed by atoms with Crippen molar-refractivity contribution in [3.8, 4) is 0 Å². The summed E-state index contributed by atoms with van der Waals surface area (Å²) in [5, 5.41) is 10.2. The van der Waals surface area contributed by atoms with Crippen molar-refractivity contribution < 1.29 is 9.90 Å². The van der Waals surface area contributed by atoms with E-state index in [0.29, 0.717) is 18.8 Å². The molecule has 0 saturated carbocycles. The highest BCUT2D eigenvalue weighted by Gasteiger charge is 2.31. The average molecular weight is 314 g/mol. The van der Waals surface area contributed by atoms with Crippen molar-refractivity contribution in [1.29, 1.82) is 0 Å². The molecule has 6 heteroatoms. The monoisotopic (exact) mass is 314 g/mol. The van der Waals surface area contributed by atoms with E-state index in [1.54, 1.807) is 4.90 Å². The van der Waals surface area contributed by atoms with Gasteiger partial charge in [-0.05, 0) is 19.0 Å². The zero-order valence-corrected chi connectivity index (χ0v) is 13.2. The summed E-state index contributed by atoms with van der Waals surface area (Å²) in [5.74, 6) is -0.264. The molecule has 2 heterocycles. The van der Waals surface area contributed by atoms with Gasteiger partial charge in [-0.2, -0.15) is 0 Å². The molecule has 1 amide bonds. The van der Waals surface area contributed by atoms with Gasteiger partial charge in [0.2, 0.25) is 0 Å². The summed E-state index contributed by atoms with van der Waals surface area (Å²) >= 11 is 0. The summed E-state index contributed by atoms with van der Waals surface area (Å²) in [6.45, 7) is 2.06. The minimum absolute atomic E-state index is 0.254. The lowest BCUT2D eigenvalue weighted by atomic mass is 10.0. The van der Waals surface area contributed by atoms with E-state index in [2.05, 4.69) is 34.0 Å². The molecule has 122 valence electrons. The van der Waals surface area contributed by atoms with Crippen LogP contribution in [-0.4, -0.2) is 63.5 Å². The second-order valence-electron chi connectivity index (χ2n) is 6.02. The fourth-order valence-corrected chi connectivity index (χ4v) is 2.97. The maximum Gasteiger partial charge on any atom is 0.257 e. The first-order valence-corrected chi connectivity index (χ1v) is 7.84. The van der Waals surface area contributed by atoms with Gasteiger partial charge in [0.1, 0.15) is 0 Å². The summed E-state index contributed by atoms with van der Waals surface area (Å²) in [7, 11) is 2.08. The Bertz CT molecular complexity index is 629. The number of aliphatic hydroxyl groups is 1. The number of aromatic amines is 1. The molecule has 1 aliphatic heterocycles. The number of carbonyl (C=O) groups is 1. The number of aliphatic hydroxyl groups excluding tert-OH is 1. The molecular weight excluding hydrogens is 292 g/mol. The first-order valence-electron chi connectivity index (χ1n) is 7.84. The van der Waals surface area contributed by atoms with Crippen LogP contribution in [0.1, 0.15) is 17.4 Å². The number of likely N-dealkylation sites (N-methyl/N-ethyl adjacent to an activating group) is 1. The Labute approximate surface area is 135 Å². The van der Waals surface area contributed by atoms with Gasteiger partial charge in [-0.25, -0.2) is 4.98 Å². The van der Waals surface area contributed by atoms with E-state index in [0.717, 1.165) is 13.0 Å². The van der Waals surface area contributed by atoms with E-state index in [1.165, 1.54) is 18.1 Å². The lowest BCUT2D eigenvalue weighted by Crippen LogP contribution is -2.54. The lowest BCUT2D eigenvalue weighted by Gasteiger charge is -2.40. The van der Waals surface area contributed by atoms with E-state index in [1.807, 2.05) is 18.2 Å². The van der Waals surface area contributed by atoms with Gasteiger partial charge in [0.05, 0.1) is 18.2 Å². The molecule has 0 bridgehead atoms. The van der Waals surface area contributed by atoms with Crippen LogP contribution in [0.25, 0.3) is 0 Å². The van der Waals surface area contributed by atoms with Crippen LogP contribution in [-0.2, 0) is 11.2 Å². The summed E-state index contributed by atoms with van der Waals surface area (Å²) in [6, 6.07) is 10.5. The van der Waals surface area contributed by atoms with Gasteiger partial charge in [0.15, 0.2) is 6.10 Å². The van der Waals surface area contributed by atoms with Gasteiger partial charge < -0.3 is 15.0 Å². The smallest absolute Gasteiger partial charge is 0.257 e. The van der Waals surface area contributed by atoms with Crippen LogP contribution in [0.15, 0.2) is 42.9 Å². The first-order chi connectivity index (χ1) is 11.1. The van der Waals surface area contributed by atoms with Gasteiger partial charge in [0.25, 0.3) is 5.91 Å². The number of amides is 1. The molecule has 1 aromatic carbocycles. The number of nitrogens with zero attached hydrogens (tertiary/aromatic N) is 3. The van der Waals surface area contributed by atoms with Gasteiger partial charge in [-0.1, -0.05) is 30.3 Å². The second kappa shape index (κ2) is 6.93. The number of imidazole rings is 1. The number of nitrogens with one attached hydrogen (secondary N) is 1. The molecule has 3 rings (SSSR count). The van der Waals surface area contributed by atoms with E-state index < -0.39 is 6.10 Å². The van der Waals surface area contributed by atoms with Crippen molar-refractivity contribution in [1.82, 2.24) is 19.8 Å². The SMILES string of the molecule is CN1CCN(C(=O)C(O)c2cnc[nH]2)CC1Cc1ccccc1. The minimum atomic E-state index is -1.17. The molecule has 2 aromatic rings. The number of carbonyl (C=O) groups excluding carboxylic acids is 1. The van der Waals surface area contributed by atoms with Gasteiger partial charge in [0, 0.05) is 25.7 Å². The van der Waals surface area contributed by atoms with Crippen LogP contribution in [0.3, 0.4) is 0 Å². The lowest BCUT2D eigenvalue weighted by molar-refractivity contribution is -0.143. The van der Waals surface area contributed by atoms with Crippen LogP contribution >= 0.6 is 0 Å². The number of hydrogen-bond acceptors (Lipinski definition) is 4. The highest BCUT2D eigenvalue weighted by atomic mass is 16.3. The highest BCUT2D eigenvalue weighted by Crippen LogP contribution is 2.18. The van der Waals surface area contributed by atoms with Gasteiger partial charge in [-0.15, -0.1) is 0 Å². The Balaban J connectivity index is 1.66. The number of piperazine rings is 1. The Kier molecular flexibility index (Phi) is 4.73. The quantitative estimate of drug-likeness (QED) is 0.877. The summed E-state index contributed by atoms with van der Waals surface area (Å²) in [6.07, 6.45) is 2.67. The van der Waals surface area contributed by atoms with Crippen LogP contribution < -0.4 is 0 Å². The van der Waals surface area contributed by atoms with Crippen molar-refractivity contribution in [2.45, 2.75) is 18.6 Å². The molecule has 2 atom stereocenters. The third-order valence-corrected chi connectivity index (χ3v) is 4.45. The van der Waals surface area contributed by atoms with Crippen molar-refractivity contribution in [3.63, 3.8) is 0 Å². The predicted octanol–water partition coefficient (Wildman–Crippen LogP) is 0.828. The van der Waals surface area contributed by atoms with Crippen molar-refractivity contribution in [2.75, 3.05) is 26.7 Å². The number of benzene rings is 1. The topological polar surface area (TPSA) is 72.5 Å². The largest absolute Gasteiger partial charge is 0.377 e. The summed E-state index contributed by atoms with van der Waals surface area (Å²) < 4.78 is 0. The minimum Gasteiger partial charge on any atom is -0.377 e. The van der Waals surface area contributed by atoms with E-state index in [4.69, 9.17) is 0 Å². The summed E-state index contributed by atoms with van der Waals surface area (Å²) in [4.78, 5) is 23.2. The maximum atomic E-state index is 12.5. The predicted molar refractivity (Wildman–Crippen MR) is 86.7 cm³/mol. The fourth-order valence-electron chi connectivity index (χ4n) is 2.97. The molecular formula is C17H22N4O2. The maximum absolute atomic E-state index is 12.5. The molecule has 1 saturated heterocycles. The summed E-state index contributed by atoms with van der Waals surface area (Å²) in [5.41, 5.74) is 1.70. The van der Waals surface area contributed by atoms with E-state index in [9.17, 15) is 9.90 Å². The first kappa shape index (κ1) is 15.7. The highest BCUT2D eigenvalue weighted by molar-refractivity contribution is 5.81. The molecule has 23 heavy (non-hydrogen) atoms. The third kappa shape index (κ3) is 3.60. The molecule has 1 aliphatic rings. The Morgan fingerprint density at radius 2 is 2.17 bits per heavy atom. The van der Waals surface area contributed by atoms with Crippen molar-refractivity contribution in [3.05, 3.63) is 54.1 Å². The van der Waals surface area contributed by atoms with Crippen LogP contribution in [0.2, 0.25) is 0 Å². The third-order valence-electron chi connectivity index (χ3n) is 4.45. The van der Waals surface area contributed by atoms with E-state index >= 15 is 0 Å². The zero-order chi connectivity index (χ0) is 16.2. The molecule has 2 unspecified atom stereocenters. The van der Waals surface area contributed by atoms with Crippen LogP contribution in [0, 0.1) is 0 Å². The normalized spacial score (nSPS) is 20.4.